The first kappa shape index (κ1) is 22.1. The van der Waals surface area contributed by atoms with Gasteiger partial charge in [0.25, 0.3) is 0 Å². The maximum absolute atomic E-state index is 6.26. The molecule has 6 aromatic rings. The Morgan fingerprint density at radius 1 is 0.667 bits per heavy atom. The van der Waals surface area contributed by atoms with Gasteiger partial charge in [0, 0.05) is 32.9 Å². The molecule has 0 bridgehead atoms. The molecule has 0 atom stereocenters. The predicted octanol–water partition coefficient (Wildman–Crippen LogP) is 9.15. The summed E-state index contributed by atoms with van der Waals surface area (Å²) in [6.07, 6.45) is 6.01. The van der Waals surface area contributed by atoms with Gasteiger partial charge in [-0.05, 0) is 82.6 Å². The van der Waals surface area contributed by atoms with E-state index in [1.54, 1.807) is 0 Å². The first-order chi connectivity index (χ1) is 19.1. The normalized spacial score (nSPS) is 16.2. The summed E-state index contributed by atoms with van der Waals surface area (Å²) in [6.45, 7) is 0. The Bertz CT molecular complexity index is 2010. The average molecular weight is 545 g/mol. The minimum Gasteiger partial charge on any atom is -0.308 e. The van der Waals surface area contributed by atoms with E-state index in [9.17, 15) is 0 Å². The Labute approximate surface area is 235 Å². The van der Waals surface area contributed by atoms with Crippen LogP contribution < -0.4 is 0 Å². The molecule has 6 heteroatoms. The van der Waals surface area contributed by atoms with Crippen molar-refractivity contribution in [3.8, 4) is 39.3 Å². The summed E-state index contributed by atoms with van der Waals surface area (Å²) in [7, 11) is 0. The maximum Gasteiger partial charge on any atom is 0.227 e. The molecule has 2 aliphatic carbocycles. The van der Waals surface area contributed by atoms with Gasteiger partial charge in [-0.2, -0.15) is 15.0 Å². The lowest BCUT2D eigenvalue weighted by molar-refractivity contribution is 0.353. The van der Waals surface area contributed by atoms with E-state index in [-0.39, 0.29) is 16.0 Å². The van der Waals surface area contributed by atoms with Crippen molar-refractivity contribution in [2.24, 2.45) is 0 Å². The number of benzene rings is 4. The predicted molar refractivity (Wildman–Crippen MR) is 158 cm³/mol. The maximum atomic E-state index is 6.26. The Hall–Kier alpha value is -3.73. The molecule has 188 valence electrons. The summed E-state index contributed by atoms with van der Waals surface area (Å²) < 4.78 is 2.50. The Kier molecular flexibility index (Phi) is 4.36. The monoisotopic (exact) mass is 544 g/mol. The van der Waals surface area contributed by atoms with Crippen molar-refractivity contribution in [1.82, 2.24) is 19.5 Å². The van der Waals surface area contributed by atoms with E-state index in [1.807, 2.05) is 0 Å². The van der Waals surface area contributed by atoms with Gasteiger partial charge in [-0.1, -0.05) is 67.8 Å². The largest absolute Gasteiger partial charge is 0.308 e. The van der Waals surface area contributed by atoms with Gasteiger partial charge in [-0.25, -0.2) is 0 Å². The van der Waals surface area contributed by atoms with E-state index in [0.29, 0.717) is 5.82 Å². The first-order valence-electron chi connectivity index (χ1n) is 13.6. The summed E-state index contributed by atoms with van der Waals surface area (Å²) in [5.74, 6) is 0.512. The zero-order chi connectivity index (χ0) is 25.9. The van der Waals surface area contributed by atoms with Crippen molar-refractivity contribution in [2.75, 3.05) is 0 Å². The van der Waals surface area contributed by atoms with Gasteiger partial charge in [0.2, 0.25) is 10.6 Å². The van der Waals surface area contributed by atoms with Gasteiger partial charge in [0.1, 0.15) is 0 Å². The molecular formula is C33H22Cl2N4. The summed E-state index contributed by atoms with van der Waals surface area (Å²) in [5, 5.41) is 2.82. The second kappa shape index (κ2) is 7.68. The summed E-state index contributed by atoms with van der Waals surface area (Å²) >= 11 is 12.5. The molecule has 2 aromatic heterocycles. The van der Waals surface area contributed by atoms with Gasteiger partial charge in [-0.3, -0.25) is 0 Å². The number of para-hydroxylation sites is 2. The lowest BCUT2D eigenvalue weighted by Gasteiger charge is -2.36. The lowest BCUT2D eigenvalue weighted by atomic mass is 9.67. The van der Waals surface area contributed by atoms with Crippen molar-refractivity contribution in [2.45, 2.75) is 37.5 Å². The molecule has 3 heterocycles. The Balaban J connectivity index is 1.51. The summed E-state index contributed by atoms with van der Waals surface area (Å²) in [4.78, 5) is 13.0. The Morgan fingerprint density at radius 2 is 1.44 bits per heavy atom. The van der Waals surface area contributed by atoms with Crippen LogP contribution >= 0.6 is 23.2 Å². The molecule has 0 unspecified atom stereocenters. The molecule has 1 fully saturated rings. The highest BCUT2D eigenvalue weighted by Gasteiger charge is 2.47. The van der Waals surface area contributed by atoms with Gasteiger partial charge in [0.05, 0.1) is 16.7 Å². The van der Waals surface area contributed by atoms with E-state index < -0.39 is 0 Å². The molecule has 3 aliphatic rings. The van der Waals surface area contributed by atoms with E-state index >= 15 is 0 Å². The van der Waals surface area contributed by atoms with Crippen LogP contribution in [0.25, 0.3) is 61.1 Å². The van der Waals surface area contributed by atoms with Gasteiger partial charge >= 0.3 is 0 Å². The minimum absolute atomic E-state index is 0.0317. The fraction of sp³-hybridized carbons (Fsp3) is 0.182. The van der Waals surface area contributed by atoms with Crippen LogP contribution in [-0.4, -0.2) is 19.5 Å². The Morgan fingerprint density at radius 3 is 2.28 bits per heavy atom. The molecule has 0 radical (unpaired) electrons. The minimum atomic E-state index is -0.0317. The van der Waals surface area contributed by atoms with Crippen LogP contribution in [0, 0.1) is 0 Å². The van der Waals surface area contributed by atoms with Crippen LogP contribution in [0.15, 0.2) is 72.8 Å². The summed E-state index contributed by atoms with van der Waals surface area (Å²) in [5.41, 5.74) is 12.7. The zero-order valence-corrected chi connectivity index (χ0v) is 22.5. The number of rotatable bonds is 1. The second-order valence-corrected chi connectivity index (χ2v) is 11.7. The second-order valence-electron chi connectivity index (χ2n) is 11.0. The average Bonchev–Trinajstić information content (AvgIpc) is 3.38. The fourth-order valence-electron chi connectivity index (χ4n) is 7.78. The zero-order valence-electron chi connectivity index (χ0n) is 21.0. The van der Waals surface area contributed by atoms with Crippen LogP contribution in [0.1, 0.15) is 43.2 Å². The molecule has 4 aromatic carbocycles. The van der Waals surface area contributed by atoms with Crippen LogP contribution in [-0.2, 0) is 5.41 Å². The van der Waals surface area contributed by atoms with Crippen molar-refractivity contribution in [3.63, 3.8) is 0 Å². The number of fused-ring (bicyclic) bond motifs is 8. The smallest absolute Gasteiger partial charge is 0.227 e. The van der Waals surface area contributed by atoms with E-state index in [4.69, 9.17) is 23.2 Å². The lowest BCUT2D eigenvalue weighted by Crippen LogP contribution is -2.28. The third kappa shape index (κ3) is 2.78. The van der Waals surface area contributed by atoms with E-state index in [0.717, 1.165) is 18.4 Å². The molecular weight excluding hydrogens is 523 g/mol. The third-order valence-corrected chi connectivity index (χ3v) is 9.58. The van der Waals surface area contributed by atoms with Gasteiger partial charge < -0.3 is 4.57 Å². The third-order valence-electron chi connectivity index (χ3n) is 9.24. The van der Waals surface area contributed by atoms with Crippen molar-refractivity contribution in [3.05, 3.63) is 94.5 Å². The first-order valence-corrected chi connectivity index (χ1v) is 14.3. The van der Waals surface area contributed by atoms with Crippen LogP contribution in [0.4, 0.5) is 0 Å². The summed E-state index contributed by atoms with van der Waals surface area (Å²) in [6, 6.07) is 26.9. The van der Waals surface area contributed by atoms with Gasteiger partial charge in [0.15, 0.2) is 5.82 Å². The molecule has 0 amide bonds. The van der Waals surface area contributed by atoms with Crippen LogP contribution in [0.5, 0.6) is 0 Å². The van der Waals surface area contributed by atoms with E-state index in [2.05, 4.69) is 92.3 Å². The van der Waals surface area contributed by atoms with Gasteiger partial charge in [-0.15, -0.1) is 0 Å². The molecule has 1 spiro atoms. The number of hydrogen-bond donors (Lipinski definition) is 0. The van der Waals surface area contributed by atoms with Crippen molar-refractivity contribution < 1.29 is 0 Å². The number of aromatic nitrogens is 4. The highest BCUT2D eigenvalue weighted by atomic mass is 35.5. The molecule has 4 nitrogen and oxygen atoms in total. The van der Waals surface area contributed by atoms with Crippen LogP contribution in [0.2, 0.25) is 10.6 Å². The molecule has 0 N–H and O–H groups in total. The highest BCUT2D eigenvalue weighted by Crippen LogP contribution is 2.62. The molecule has 39 heavy (non-hydrogen) atoms. The molecule has 1 aliphatic heterocycles. The number of nitrogens with zero attached hydrogens (tertiary/aromatic N) is 4. The standard InChI is InChI=1S/C33H22Cl2N4/c34-31-36-30(37-32(35)38-31)18-16-22-20-9-3-5-11-26(20)39-25-10-4-2-8-19(25)21-12-13-23-28(29(21)39)27(22)24(17-18)33(23)14-6-1-7-15-33/h2-5,8-13,16-17H,1,6-7,14-15H2. The molecule has 1 saturated carbocycles. The number of hydrogen-bond acceptors (Lipinski definition) is 3. The molecule has 9 rings (SSSR count). The number of halogens is 2. The van der Waals surface area contributed by atoms with Crippen molar-refractivity contribution >= 4 is 45.0 Å². The quantitative estimate of drug-likeness (QED) is 0.207. The van der Waals surface area contributed by atoms with E-state index in [1.165, 1.54) is 80.1 Å². The fourth-order valence-corrected chi connectivity index (χ4v) is 8.14. The molecule has 0 saturated heterocycles. The SMILES string of the molecule is Clc1nc(Cl)nc(-c2cc3c4c(c2)C2(CCCCC2)c2ccc5c6ccccc6n(c5c2-4)-c2ccccc2-3)n1. The highest BCUT2D eigenvalue weighted by molar-refractivity contribution is 6.31. The van der Waals surface area contributed by atoms with Crippen molar-refractivity contribution in [1.29, 1.82) is 0 Å². The topological polar surface area (TPSA) is 43.6 Å². The van der Waals surface area contributed by atoms with Crippen LogP contribution in [0.3, 0.4) is 0 Å².